The van der Waals surface area contributed by atoms with Gasteiger partial charge in [-0.3, -0.25) is 0 Å². The third kappa shape index (κ3) is 4.84. The lowest BCUT2D eigenvalue weighted by atomic mass is 10.1. The Balaban J connectivity index is 2.90. The van der Waals surface area contributed by atoms with E-state index in [0.29, 0.717) is 4.47 Å². The van der Waals surface area contributed by atoms with Crippen molar-refractivity contribution < 1.29 is 13.9 Å². The highest BCUT2D eigenvalue weighted by molar-refractivity contribution is 9.10. The Labute approximate surface area is 119 Å². The van der Waals surface area contributed by atoms with Crippen molar-refractivity contribution in [1.29, 1.82) is 5.26 Å². The lowest BCUT2D eigenvalue weighted by Gasteiger charge is -2.03. The average Bonchev–Trinajstić information content (AvgIpc) is 2.39. The van der Waals surface area contributed by atoms with Gasteiger partial charge in [0.25, 0.3) is 0 Å². The molecule has 0 aromatic heterocycles. The Hall–Kier alpha value is -1.67. The molecule has 0 aliphatic rings. The van der Waals surface area contributed by atoms with Crippen LogP contribution >= 0.6 is 15.9 Å². The van der Waals surface area contributed by atoms with Crippen molar-refractivity contribution in [2.24, 2.45) is 0 Å². The van der Waals surface area contributed by atoms with Crippen LogP contribution in [0.5, 0.6) is 0 Å². The van der Waals surface area contributed by atoms with Gasteiger partial charge < -0.3 is 4.74 Å². The van der Waals surface area contributed by atoms with Crippen molar-refractivity contribution in [3.05, 3.63) is 39.6 Å². The van der Waals surface area contributed by atoms with E-state index in [1.165, 1.54) is 24.3 Å². The summed E-state index contributed by atoms with van der Waals surface area (Å²) in [5.41, 5.74) is -0.0496. The van der Waals surface area contributed by atoms with Crippen molar-refractivity contribution in [2.75, 3.05) is 6.61 Å². The summed E-state index contributed by atoms with van der Waals surface area (Å²) in [5.74, 6) is -1.23. The highest BCUT2D eigenvalue weighted by Gasteiger charge is 2.12. The SMILES string of the molecule is CCCCOC(=O)/C(C#N)=C\c1cc(Br)ccc1F. The summed E-state index contributed by atoms with van der Waals surface area (Å²) in [6, 6.07) is 6.02. The van der Waals surface area contributed by atoms with Crippen molar-refractivity contribution in [3.63, 3.8) is 0 Å². The van der Waals surface area contributed by atoms with Gasteiger partial charge in [-0.2, -0.15) is 5.26 Å². The van der Waals surface area contributed by atoms with Crippen LogP contribution in [0.4, 0.5) is 4.39 Å². The smallest absolute Gasteiger partial charge is 0.348 e. The Morgan fingerprint density at radius 1 is 1.58 bits per heavy atom. The van der Waals surface area contributed by atoms with Gasteiger partial charge in [0.1, 0.15) is 17.5 Å². The molecule has 0 aliphatic carbocycles. The highest BCUT2D eigenvalue weighted by Crippen LogP contribution is 2.18. The minimum Gasteiger partial charge on any atom is -0.462 e. The summed E-state index contributed by atoms with van der Waals surface area (Å²) in [7, 11) is 0. The number of carbonyl (C=O) groups is 1. The lowest BCUT2D eigenvalue weighted by molar-refractivity contribution is -0.138. The fourth-order valence-electron chi connectivity index (χ4n) is 1.30. The molecule has 19 heavy (non-hydrogen) atoms. The predicted molar refractivity (Wildman–Crippen MR) is 73.6 cm³/mol. The molecule has 1 aromatic rings. The summed E-state index contributed by atoms with van der Waals surface area (Å²) in [5, 5.41) is 8.92. The molecule has 0 fully saturated rings. The standard InChI is InChI=1S/C14H13BrFNO2/c1-2-3-6-19-14(18)11(9-17)7-10-8-12(15)4-5-13(10)16/h4-5,7-8H,2-3,6H2,1H3/b11-7-. The fourth-order valence-corrected chi connectivity index (χ4v) is 1.68. The first-order valence-electron chi connectivity index (χ1n) is 5.82. The highest BCUT2D eigenvalue weighted by atomic mass is 79.9. The van der Waals surface area contributed by atoms with E-state index in [0.717, 1.165) is 12.8 Å². The first-order chi connectivity index (χ1) is 9.08. The third-order valence-electron chi connectivity index (χ3n) is 2.33. The van der Waals surface area contributed by atoms with Gasteiger partial charge in [-0.15, -0.1) is 0 Å². The largest absolute Gasteiger partial charge is 0.462 e. The lowest BCUT2D eigenvalue weighted by Crippen LogP contribution is -2.08. The van der Waals surface area contributed by atoms with Crippen LogP contribution in [0.1, 0.15) is 25.3 Å². The maximum Gasteiger partial charge on any atom is 0.348 e. The molecule has 1 aromatic carbocycles. The molecule has 0 saturated heterocycles. The number of carbonyl (C=O) groups excluding carboxylic acids is 1. The molecule has 0 amide bonds. The maximum atomic E-state index is 13.5. The zero-order chi connectivity index (χ0) is 14.3. The molecule has 3 nitrogen and oxygen atoms in total. The monoisotopic (exact) mass is 325 g/mol. The number of ether oxygens (including phenoxy) is 1. The number of benzene rings is 1. The second-order valence-corrected chi connectivity index (χ2v) is 4.74. The number of esters is 1. The molecular formula is C14H13BrFNO2. The van der Waals surface area contributed by atoms with Crippen molar-refractivity contribution in [3.8, 4) is 6.07 Å². The molecule has 0 radical (unpaired) electrons. The van der Waals surface area contributed by atoms with E-state index >= 15 is 0 Å². The molecule has 0 heterocycles. The van der Waals surface area contributed by atoms with Gasteiger partial charge in [-0.1, -0.05) is 29.3 Å². The van der Waals surface area contributed by atoms with Gasteiger partial charge in [-0.25, -0.2) is 9.18 Å². The molecule has 0 saturated carbocycles. The van der Waals surface area contributed by atoms with Gasteiger partial charge in [-0.05, 0) is 30.7 Å². The van der Waals surface area contributed by atoms with E-state index in [-0.39, 0.29) is 17.7 Å². The molecule has 0 spiro atoms. The average molecular weight is 326 g/mol. The molecule has 0 N–H and O–H groups in total. The molecule has 0 aliphatic heterocycles. The molecule has 0 bridgehead atoms. The van der Waals surface area contributed by atoms with E-state index in [1.807, 2.05) is 6.92 Å². The molecule has 100 valence electrons. The normalized spacial score (nSPS) is 10.9. The Morgan fingerprint density at radius 3 is 2.95 bits per heavy atom. The van der Waals surface area contributed by atoms with Crippen LogP contribution < -0.4 is 0 Å². The summed E-state index contributed by atoms with van der Waals surface area (Å²) >= 11 is 3.20. The first-order valence-corrected chi connectivity index (χ1v) is 6.61. The number of hydrogen-bond acceptors (Lipinski definition) is 3. The number of rotatable bonds is 5. The van der Waals surface area contributed by atoms with Crippen LogP contribution in [0.2, 0.25) is 0 Å². The molecule has 0 atom stereocenters. The van der Waals surface area contributed by atoms with Gasteiger partial charge in [0, 0.05) is 10.0 Å². The van der Waals surface area contributed by atoms with Crippen LogP contribution in [0, 0.1) is 17.1 Å². The van der Waals surface area contributed by atoms with E-state index in [1.54, 1.807) is 6.07 Å². The number of hydrogen-bond donors (Lipinski definition) is 0. The Morgan fingerprint density at radius 2 is 2.32 bits per heavy atom. The number of nitriles is 1. The van der Waals surface area contributed by atoms with Crippen molar-refractivity contribution in [2.45, 2.75) is 19.8 Å². The summed E-state index contributed by atoms with van der Waals surface area (Å²) in [4.78, 5) is 11.6. The number of halogens is 2. The molecule has 1 rings (SSSR count). The van der Waals surface area contributed by atoms with Crippen molar-refractivity contribution in [1.82, 2.24) is 0 Å². The minimum absolute atomic E-state index is 0.165. The van der Waals surface area contributed by atoms with E-state index in [9.17, 15) is 9.18 Å². The van der Waals surface area contributed by atoms with Crippen LogP contribution in [0.15, 0.2) is 28.2 Å². The summed E-state index contributed by atoms with van der Waals surface area (Å²) < 4.78 is 19.1. The van der Waals surface area contributed by atoms with E-state index in [4.69, 9.17) is 10.00 Å². The van der Waals surface area contributed by atoms with E-state index < -0.39 is 11.8 Å². The van der Waals surface area contributed by atoms with Gasteiger partial charge in [0.15, 0.2) is 0 Å². The number of nitrogens with zero attached hydrogens (tertiary/aromatic N) is 1. The predicted octanol–water partition coefficient (Wildman–Crippen LogP) is 3.84. The quantitative estimate of drug-likeness (QED) is 0.357. The van der Waals surface area contributed by atoms with Crippen LogP contribution in [-0.2, 0) is 9.53 Å². The maximum absolute atomic E-state index is 13.5. The van der Waals surface area contributed by atoms with Crippen LogP contribution in [-0.4, -0.2) is 12.6 Å². The van der Waals surface area contributed by atoms with Crippen molar-refractivity contribution >= 4 is 28.0 Å². The summed E-state index contributed by atoms with van der Waals surface area (Å²) in [6.07, 6.45) is 2.81. The van der Waals surface area contributed by atoms with E-state index in [2.05, 4.69) is 15.9 Å². The Kier molecular flexibility index (Phi) is 6.23. The molecular weight excluding hydrogens is 313 g/mol. The second-order valence-electron chi connectivity index (χ2n) is 3.83. The summed E-state index contributed by atoms with van der Waals surface area (Å²) in [6.45, 7) is 2.22. The Bertz CT molecular complexity index is 535. The van der Waals surface area contributed by atoms with Gasteiger partial charge in [0.2, 0.25) is 0 Å². The third-order valence-corrected chi connectivity index (χ3v) is 2.82. The van der Waals surface area contributed by atoms with Crippen LogP contribution in [0.25, 0.3) is 6.08 Å². The zero-order valence-corrected chi connectivity index (χ0v) is 12.0. The zero-order valence-electron chi connectivity index (χ0n) is 10.5. The molecule has 0 unspecified atom stereocenters. The van der Waals surface area contributed by atoms with Crippen LogP contribution in [0.3, 0.4) is 0 Å². The topological polar surface area (TPSA) is 50.1 Å². The number of unbranched alkanes of at least 4 members (excludes halogenated alkanes) is 1. The van der Waals surface area contributed by atoms with Gasteiger partial charge in [0.05, 0.1) is 6.61 Å². The van der Waals surface area contributed by atoms with Gasteiger partial charge >= 0.3 is 5.97 Å². The molecule has 5 heteroatoms. The minimum atomic E-state index is -0.727. The second kappa shape index (κ2) is 7.70. The first kappa shape index (κ1) is 15.4. The fraction of sp³-hybridized carbons (Fsp3) is 0.286.